The van der Waals surface area contributed by atoms with Crippen LogP contribution in [-0.2, 0) is 9.53 Å². The summed E-state index contributed by atoms with van der Waals surface area (Å²) in [5.41, 5.74) is 0. The van der Waals surface area contributed by atoms with Gasteiger partial charge in [-0.1, -0.05) is 0 Å². The molecule has 0 N–H and O–H groups in total. The minimum Gasteiger partial charge on any atom is -0.497 e. The lowest BCUT2D eigenvalue weighted by molar-refractivity contribution is -0.143. The summed E-state index contributed by atoms with van der Waals surface area (Å²) in [4.78, 5) is 11.1. The molecule has 0 fully saturated rings. The number of esters is 1. The van der Waals surface area contributed by atoms with Crippen LogP contribution in [0, 0.1) is 0 Å². The van der Waals surface area contributed by atoms with E-state index >= 15 is 0 Å². The van der Waals surface area contributed by atoms with E-state index in [1.807, 2.05) is 31.2 Å². The molecule has 0 amide bonds. The molecule has 0 radical (unpaired) electrons. The van der Waals surface area contributed by atoms with E-state index in [1.165, 1.54) is 0 Å². The normalized spacial score (nSPS) is 10.0. The van der Waals surface area contributed by atoms with Crippen LogP contribution in [0.25, 0.3) is 0 Å². The third-order valence-electron chi connectivity index (χ3n) is 2.66. The molecular weight excluding hydrogens is 244 g/mol. The number of carbonyl (C=O) groups is 1. The Hall–Kier alpha value is -1.71. The first kappa shape index (κ1) is 15.3. The molecule has 1 aromatic rings. The molecule has 1 aromatic carbocycles. The molecule has 0 aliphatic heterocycles. The third-order valence-corrected chi connectivity index (χ3v) is 2.66. The zero-order valence-corrected chi connectivity index (χ0v) is 11.7. The van der Waals surface area contributed by atoms with Crippen molar-refractivity contribution in [2.45, 2.75) is 32.6 Å². The molecular formula is C15H22O4. The molecule has 0 unspecified atom stereocenters. The Kier molecular flexibility index (Phi) is 7.47. The molecule has 1 rings (SSSR count). The van der Waals surface area contributed by atoms with Gasteiger partial charge in [-0.15, -0.1) is 0 Å². The smallest absolute Gasteiger partial charge is 0.305 e. The van der Waals surface area contributed by atoms with Crippen molar-refractivity contribution in [3.63, 3.8) is 0 Å². The van der Waals surface area contributed by atoms with Gasteiger partial charge in [0, 0.05) is 6.42 Å². The summed E-state index contributed by atoms with van der Waals surface area (Å²) in [6.45, 7) is 2.94. The highest BCUT2D eigenvalue weighted by Gasteiger charge is 2.01. The number of rotatable bonds is 9. The molecule has 0 aliphatic rings. The Bertz CT molecular complexity index is 359. The highest BCUT2D eigenvalue weighted by Crippen LogP contribution is 2.17. The van der Waals surface area contributed by atoms with Gasteiger partial charge in [-0.2, -0.15) is 0 Å². The quantitative estimate of drug-likeness (QED) is 0.508. The van der Waals surface area contributed by atoms with Gasteiger partial charge in [0.05, 0.1) is 20.3 Å². The molecule has 0 aromatic heterocycles. The van der Waals surface area contributed by atoms with Crippen LogP contribution in [-0.4, -0.2) is 26.3 Å². The molecule has 0 saturated heterocycles. The van der Waals surface area contributed by atoms with Crippen LogP contribution in [0.5, 0.6) is 11.5 Å². The standard InChI is InChI=1S/C15H22O4/c1-3-18-15(16)7-5-4-6-12-19-14-10-8-13(17-2)9-11-14/h8-11H,3-7,12H2,1-2H3. The Morgan fingerprint density at radius 1 is 1.05 bits per heavy atom. The molecule has 19 heavy (non-hydrogen) atoms. The summed E-state index contributed by atoms with van der Waals surface area (Å²) in [5.74, 6) is 1.55. The molecule has 0 aliphatic carbocycles. The van der Waals surface area contributed by atoms with Crippen molar-refractivity contribution >= 4 is 5.97 Å². The Labute approximate surface area is 114 Å². The van der Waals surface area contributed by atoms with Gasteiger partial charge in [-0.25, -0.2) is 0 Å². The third kappa shape index (κ3) is 6.70. The van der Waals surface area contributed by atoms with Gasteiger partial charge in [0.15, 0.2) is 0 Å². The minimum absolute atomic E-state index is 0.112. The second-order valence-electron chi connectivity index (χ2n) is 4.14. The fourth-order valence-electron chi connectivity index (χ4n) is 1.64. The Morgan fingerprint density at radius 3 is 2.37 bits per heavy atom. The predicted octanol–water partition coefficient (Wildman–Crippen LogP) is 3.20. The number of hydrogen-bond donors (Lipinski definition) is 0. The van der Waals surface area contributed by atoms with Crippen LogP contribution in [0.15, 0.2) is 24.3 Å². The van der Waals surface area contributed by atoms with E-state index < -0.39 is 0 Å². The highest BCUT2D eigenvalue weighted by atomic mass is 16.5. The first-order valence-electron chi connectivity index (χ1n) is 6.68. The van der Waals surface area contributed by atoms with Gasteiger partial charge in [-0.3, -0.25) is 4.79 Å². The van der Waals surface area contributed by atoms with Crippen molar-refractivity contribution < 1.29 is 19.0 Å². The second kappa shape index (κ2) is 9.25. The first-order valence-corrected chi connectivity index (χ1v) is 6.68. The first-order chi connectivity index (χ1) is 9.26. The van der Waals surface area contributed by atoms with E-state index in [9.17, 15) is 4.79 Å². The number of unbranched alkanes of at least 4 members (excludes halogenated alkanes) is 2. The molecule has 0 atom stereocenters. The van der Waals surface area contributed by atoms with Crippen LogP contribution in [0.1, 0.15) is 32.6 Å². The molecule has 0 saturated carbocycles. The molecule has 106 valence electrons. The van der Waals surface area contributed by atoms with Crippen LogP contribution >= 0.6 is 0 Å². The van der Waals surface area contributed by atoms with Crippen molar-refractivity contribution in [3.05, 3.63) is 24.3 Å². The molecule has 4 heteroatoms. The maximum absolute atomic E-state index is 11.1. The summed E-state index contributed by atoms with van der Waals surface area (Å²) in [6, 6.07) is 7.51. The van der Waals surface area contributed by atoms with E-state index in [1.54, 1.807) is 7.11 Å². The maximum atomic E-state index is 11.1. The van der Waals surface area contributed by atoms with Gasteiger partial charge < -0.3 is 14.2 Å². The lowest BCUT2D eigenvalue weighted by Crippen LogP contribution is -2.04. The lowest BCUT2D eigenvalue weighted by atomic mass is 10.2. The minimum atomic E-state index is -0.112. The fraction of sp³-hybridized carbons (Fsp3) is 0.533. The number of benzene rings is 1. The van der Waals surface area contributed by atoms with Gasteiger partial charge in [0.2, 0.25) is 0 Å². The van der Waals surface area contributed by atoms with Gasteiger partial charge in [-0.05, 0) is 50.5 Å². The van der Waals surface area contributed by atoms with Crippen molar-refractivity contribution in [1.29, 1.82) is 0 Å². The van der Waals surface area contributed by atoms with Crippen molar-refractivity contribution in [3.8, 4) is 11.5 Å². The number of methoxy groups -OCH3 is 1. The SMILES string of the molecule is CCOC(=O)CCCCCOc1ccc(OC)cc1. The number of ether oxygens (including phenoxy) is 3. The number of hydrogen-bond acceptors (Lipinski definition) is 4. The maximum Gasteiger partial charge on any atom is 0.305 e. The van der Waals surface area contributed by atoms with Gasteiger partial charge >= 0.3 is 5.97 Å². The van der Waals surface area contributed by atoms with Crippen molar-refractivity contribution in [2.75, 3.05) is 20.3 Å². The van der Waals surface area contributed by atoms with E-state index in [0.29, 0.717) is 19.6 Å². The molecule has 0 heterocycles. The van der Waals surface area contributed by atoms with Gasteiger partial charge in [0.25, 0.3) is 0 Å². The zero-order valence-electron chi connectivity index (χ0n) is 11.7. The Morgan fingerprint density at radius 2 is 1.74 bits per heavy atom. The van der Waals surface area contributed by atoms with Crippen LogP contribution in [0.4, 0.5) is 0 Å². The lowest BCUT2D eigenvalue weighted by Gasteiger charge is -2.07. The average molecular weight is 266 g/mol. The van der Waals surface area contributed by atoms with Crippen LogP contribution in [0.2, 0.25) is 0 Å². The zero-order chi connectivity index (χ0) is 13.9. The predicted molar refractivity (Wildman–Crippen MR) is 73.6 cm³/mol. The fourth-order valence-corrected chi connectivity index (χ4v) is 1.64. The van der Waals surface area contributed by atoms with Crippen molar-refractivity contribution in [1.82, 2.24) is 0 Å². The van der Waals surface area contributed by atoms with E-state index in [0.717, 1.165) is 30.8 Å². The van der Waals surface area contributed by atoms with E-state index in [4.69, 9.17) is 14.2 Å². The van der Waals surface area contributed by atoms with Crippen LogP contribution in [0.3, 0.4) is 0 Å². The second-order valence-corrected chi connectivity index (χ2v) is 4.14. The average Bonchev–Trinajstić information content (AvgIpc) is 2.43. The van der Waals surface area contributed by atoms with E-state index in [2.05, 4.69) is 0 Å². The molecule has 4 nitrogen and oxygen atoms in total. The van der Waals surface area contributed by atoms with Gasteiger partial charge in [0.1, 0.15) is 11.5 Å². The topological polar surface area (TPSA) is 44.8 Å². The van der Waals surface area contributed by atoms with E-state index in [-0.39, 0.29) is 5.97 Å². The monoisotopic (exact) mass is 266 g/mol. The van der Waals surface area contributed by atoms with Crippen LogP contribution < -0.4 is 9.47 Å². The number of carbonyl (C=O) groups excluding carboxylic acids is 1. The summed E-state index contributed by atoms with van der Waals surface area (Å²) >= 11 is 0. The molecule has 0 bridgehead atoms. The Balaban J connectivity index is 2.05. The summed E-state index contributed by atoms with van der Waals surface area (Å²) < 4.78 is 15.5. The summed E-state index contributed by atoms with van der Waals surface area (Å²) in [5, 5.41) is 0. The molecule has 0 spiro atoms. The summed E-state index contributed by atoms with van der Waals surface area (Å²) in [6.07, 6.45) is 3.25. The largest absolute Gasteiger partial charge is 0.497 e. The highest BCUT2D eigenvalue weighted by molar-refractivity contribution is 5.69. The van der Waals surface area contributed by atoms with Crippen molar-refractivity contribution in [2.24, 2.45) is 0 Å². The summed E-state index contributed by atoms with van der Waals surface area (Å²) in [7, 11) is 1.64.